The molecule has 0 aromatic heterocycles. The normalized spacial score (nSPS) is 12.5. The van der Waals surface area contributed by atoms with Gasteiger partial charge in [0.05, 0.1) is 0 Å². The van der Waals surface area contributed by atoms with Crippen molar-refractivity contribution in [2.75, 3.05) is 0 Å². The fraction of sp³-hybridized carbons (Fsp3) is 0.118. The Bertz CT molecular complexity index is 737. The first-order chi connectivity index (χ1) is 11.2. The summed E-state index contributed by atoms with van der Waals surface area (Å²) in [6, 6.07) is 11.1. The van der Waals surface area contributed by atoms with E-state index >= 15 is 0 Å². The van der Waals surface area contributed by atoms with E-state index in [2.05, 4.69) is 11.3 Å². The lowest BCUT2D eigenvalue weighted by Gasteiger charge is -2.14. The second kappa shape index (κ2) is 7.05. The molecule has 2 rings (SSSR count). The monoisotopic (exact) mass is 358 g/mol. The van der Waals surface area contributed by atoms with Gasteiger partial charge in [0.15, 0.2) is 5.78 Å². The molecule has 0 spiro atoms. The van der Waals surface area contributed by atoms with Gasteiger partial charge in [-0.3, -0.25) is 4.79 Å². The molecule has 0 bridgehead atoms. The standard InChI is InChI=1S/C17H11ClF4O2/c1-10(15(23)12-2-6-13(18)7-3-12)11-4-8-14(9-5-11)24-16(19)17(20,21)22/h2-9,16H,1H2. The molecular weight excluding hydrogens is 348 g/mol. The highest BCUT2D eigenvalue weighted by atomic mass is 35.5. The van der Waals surface area contributed by atoms with Crippen LogP contribution in [0.1, 0.15) is 15.9 Å². The van der Waals surface area contributed by atoms with Gasteiger partial charge in [0.1, 0.15) is 5.75 Å². The Morgan fingerprint density at radius 3 is 2.00 bits per heavy atom. The van der Waals surface area contributed by atoms with Crippen LogP contribution in [0, 0.1) is 0 Å². The number of benzene rings is 2. The SMILES string of the molecule is C=C(C(=O)c1ccc(Cl)cc1)c1ccc(OC(F)C(F)(F)F)cc1. The van der Waals surface area contributed by atoms with Gasteiger partial charge in [-0.05, 0) is 42.0 Å². The van der Waals surface area contributed by atoms with E-state index in [-0.39, 0.29) is 17.1 Å². The van der Waals surface area contributed by atoms with Gasteiger partial charge in [-0.1, -0.05) is 30.3 Å². The summed E-state index contributed by atoms with van der Waals surface area (Å²) >= 11 is 5.75. The topological polar surface area (TPSA) is 26.3 Å². The second-order valence-electron chi connectivity index (χ2n) is 4.81. The Balaban J connectivity index is 2.11. The van der Waals surface area contributed by atoms with Crippen LogP contribution in [0.15, 0.2) is 55.1 Å². The van der Waals surface area contributed by atoms with Crippen LogP contribution in [0.5, 0.6) is 5.75 Å². The van der Waals surface area contributed by atoms with E-state index < -0.39 is 12.5 Å². The first kappa shape index (κ1) is 18.0. The van der Waals surface area contributed by atoms with Crippen molar-refractivity contribution in [3.8, 4) is 5.75 Å². The number of carbonyl (C=O) groups excluding carboxylic acids is 1. The number of ether oxygens (including phenoxy) is 1. The van der Waals surface area contributed by atoms with Crippen LogP contribution < -0.4 is 4.74 Å². The lowest BCUT2D eigenvalue weighted by Crippen LogP contribution is -2.29. The number of carbonyl (C=O) groups is 1. The van der Waals surface area contributed by atoms with Gasteiger partial charge in [0.2, 0.25) is 0 Å². The molecule has 0 fully saturated rings. The number of hydrogen-bond acceptors (Lipinski definition) is 2. The van der Waals surface area contributed by atoms with E-state index in [4.69, 9.17) is 11.6 Å². The lowest BCUT2D eigenvalue weighted by molar-refractivity contribution is -0.236. The van der Waals surface area contributed by atoms with E-state index in [9.17, 15) is 22.4 Å². The molecule has 0 N–H and O–H groups in total. The van der Waals surface area contributed by atoms with Crippen LogP contribution in [0.2, 0.25) is 5.02 Å². The summed E-state index contributed by atoms with van der Waals surface area (Å²) in [6.07, 6.45) is -8.52. The molecule has 126 valence electrons. The summed E-state index contributed by atoms with van der Waals surface area (Å²) < 4.78 is 53.2. The molecule has 0 aliphatic carbocycles. The number of halogens is 5. The highest BCUT2D eigenvalue weighted by molar-refractivity contribution is 6.31. The quantitative estimate of drug-likeness (QED) is 0.402. The zero-order chi connectivity index (χ0) is 17.9. The molecule has 0 amide bonds. The molecule has 1 unspecified atom stereocenters. The lowest BCUT2D eigenvalue weighted by atomic mass is 9.98. The van der Waals surface area contributed by atoms with Gasteiger partial charge in [0.25, 0.3) is 0 Å². The van der Waals surface area contributed by atoms with Gasteiger partial charge >= 0.3 is 12.5 Å². The zero-order valence-corrected chi connectivity index (χ0v) is 12.9. The van der Waals surface area contributed by atoms with Gasteiger partial charge < -0.3 is 4.74 Å². The van der Waals surface area contributed by atoms with Crippen molar-refractivity contribution in [2.24, 2.45) is 0 Å². The van der Waals surface area contributed by atoms with Crippen LogP contribution in [-0.2, 0) is 0 Å². The summed E-state index contributed by atoms with van der Waals surface area (Å²) in [7, 11) is 0. The van der Waals surface area contributed by atoms with Gasteiger partial charge in [-0.2, -0.15) is 17.6 Å². The smallest absolute Gasteiger partial charge is 0.452 e. The Hall–Kier alpha value is -2.34. The molecule has 2 nitrogen and oxygen atoms in total. The number of alkyl halides is 4. The number of Topliss-reactive ketones (excluding diaryl/α,β-unsaturated/α-hetero) is 1. The van der Waals surface area contributed by atoms with Crippen LogP contribution in [-0.4, -0.2) is 18.3 Å². The van der Waals surface area contributed by atoms with Crippen molar-refractivity contribution in [2.45, 2.75) is 12.5 Å². The molecule has 0 saturated heterocycles. The number of rotatable bonds is 5. The van der Waals surface area contributed by atoms with Crippen molar-refractivity contribution in [3.63, 3.8) is 0 Å². The Morgan fingerprint density at radius 1 is 1.00 bits per heavy atom. The third-order valence-electron chi connectivity index (χ3n) is 3.08. The molecule has 7 heteroatoms. The predicted molar refractivity (Wildman–Crippen MR) is 82.8 cm³/mol. The predicted octanol–water partition coefficient (Wildman–Crippen LogP) is 5.47. The molecule has 0 saturated carbocycles. The van der Waals surface area contributed by atoms with Gasteiger partial charge in [-0.15, -0.1) is 0 Å². The van der Waals surface area contributed by atoms with E-state index in [1.807, 2.05) is 0 Å². The maximum Gasteiger partial charge on any atom is 0.457 e. The highest BCUT2D eigenvalue weighted by Crippen LogP contribution is 2.27. The van der Waals surface area contributed by atoms with E-state index in [0.717, 1.165) is 12.1 Å². The molecule has 2 aromatic carbocycles. The summed E-state index contributed by atoms with van der Waals surface area (Å²) in [5.74, 6) is -0.672. The summed E-state index contributed by atoms with van der Waals surface area (Å²) in [6.45, 7) is 3.68. The molecule has 0 aliphatic rings. The summed E-state index contributed by atoms with van der Waals surface area (Å²) in [4.78, 5) is 12.3. The van der Waals surface area contributed by atoms with Crippen molar-refractivity contribution >= 4 is 23.0 Å². The van der Waals surface area contributed by atoms with E-state index in [0.29, 0.717) is 16.1 Å². The Morgan fingerprint density at radius 2 is 1.50 bits per heavy atom. The van der Waals surface area contributed by atoms with Crippen molar-refractivity contribution in [1.29, 1.82) is 0 Å². The zero-order valence-electron chi connectivity index (χ0n) is 12.1. The second-order valence-corrected chi connectivity index (χ2v) is 5.25. The fourth-order valence-electron chi connectivity index (χ4n) is 1.83. The maximum atomic E-state index is 12.8. The maximum absolute atomic E-state index is 12.8. The molecule has 1 atom stereocenters. The average molecular weight is 359 g/mol. The Labute approximate surface area is 140 Å². The van der Waals surface area contributed by atoms with Gasteiger partial charge in [-0.25, -0.2) is 0 Å². The van der Waals surface area contributed by atoms with Crippen molar-refractivity contribution in [1.82, 2.24) is 0 Å². The van der Waals surface area contributed by atoms with Crippen LogP contribution >= 0.6 is 11.6 Å². The molecule has 0 heterocycles. The van der Waals surface area contributed by atoms with E-state index in [1.54, 1.807) is 12.1 Å². The van der Waals surface area contributed by atoms with Crippen LogP contribution in [0.25, 0.3) is 5.57 Å². The summed E-state index contributed by atoms with van der Waals surface area (Å²) in [5.41, 5.74) is 0.881. The largest absolute Gasteiger partial charge is 0.457 e. The third kappa shape index (κ3) is 4.35. The molecule has 0 aliphatic heterocycles. The fourth-order valence-corrected chi connectivity index (χ4v) is 1.95. The Kier molecular flexibility index (Phi) is 5.29. The number of hydrogen-bond donors (Lipinski definition) is 0. The molecule has 24 heavy (non-hydrogen) atoms. The molecule has 0 radical (unpaired) electrons. The minimum absolute atomic E-state index is 0.136. The highest BCUT2D eigenvalue weighted by Gasteiger charge is 2.42. The van der Waals surface area contributed by atoms with Crippen molar-refractivity contribution < 1.29 is 27.1 Å². The minimum Gasteiger partial charge on any atom is -0.452 e. The third-order valence-corrected chi connectivity index (χ3v) is 3.33. The van der Waals surface area contributed by atoms with Crippen LogP contribution in [0.4, 0.5) is 17.6 Å². The van der Waals surface area contributed by atoms with Crippen LogP contribution in [0.3, 0.4) is 0 Å². The summed E-state index contributed by atoms with van der Waals surface area (Å²) in [5, 5.41) is 0.476. The molecule has 2 aromatic rings. The average Bonchev–Trinajstić information content (AvgIpc) is 2.54. The first-order valence-corrected chi connectivity index (χ1v) is 7.03. The first-order valence-electron chi connectivity index (χ1n) is 6.65. The molecular formula is C17H11ClF4O2. The van der Waals surface area contributed by atoms with Crippen molar-refractivity contribution in [3.05, 3.63) is 71.3 Å². The minimum atomic E-state index is -5.10. The van der Waals surface area contributed by atoms with Gasteiger partial charge in [0, 0.05) is 16.2 Å². The van der Waals surface area contributed by atoms with E-state index in [1.165, 1.54) is 24.3 Å². The number of allylic oxidation sites excluding steroid dienone is 1. The number of ketones is 1.